The fourth-order valence-electron chi connectivity index (χ4n) is 2.20. The first kappa shape index (κ1) is 16.4. The molecule has 0 atom stereocenters. The van der Waals surface area contributed by atoms with Gasteiger partial charge in [-0.05, 0) is 42.0 Å². The van der Waals surface area contributed by atoms with Gasteiger partial charge in [0, 0.05) is 30.4 Å². The summed E-state index contributed by atoms with van der Waals surface area (Å²) in [5, 5.41) is 12.1. The fourth-order valence-corrected chi connectivity index (χ4v) is 2.57. The minimum absolute atomic E-state index is 0.422. The van der Waals surface area contributed by atoms with Crippen molar-refractivity contribution in [3.63, 3.8) is 0 Å². The zero-order chi connectivity index (χ0) is 17.1. The van der Waals surface area contributed by atoms with Gasteiger partial charge in [0.1, 0.15) is 0 Å². The van der Waals surface area contributed by atoms with E-state index >= 15 is 0 Å². The van der Waals surface area contributed by atoms with Gasteiger partial charge in [0.05, 0.1) is 6.21 Å². The molecule has 1 heterocycles. The average Bonchev–Trinajstić information content (AvgIpc) is 2.94. The molecule has 1 aromatic heterocycles. The van der Waals surface area contributed by atoms with E-state index in [1.807, 2.05) is 67.5 Å². The summed E-state index contributed by atoms with van der Waals surface area (Å²) < 4.78 is 2.01. The number of hydrogen-bond donors (Lipinski definition) is 1. The van der Waals surface area contributed by atoms with E-state index in [0.29, 0.717) is 15.6 Å². The largest absolute Gasteiger partial charge is 0.378 e. The van der Waals surface area contributed by atoms with E-state index in [4.69, 9.17) is 23.8 Å². The van der Waals surface area contributed by atoms with Crippen LogP contribution in [0.2, 0.25) is 5.02 Å². The van der Waals surface area contributed by atoms with E-state index in [1.165, 1.54) is 0 Å². The Morgan fingerprint density at radius 1 is 1.21 bits per heavy atom. The van der Waals surface area contributed by atoms with Gasteiger partial charge in [-0.3, -0.25) is 0 Å². The zero-order valence-electron chi connectivity index (χ0n) is 13.3. The smallest absolute Gasteiger partial charge is 0.216 e. The van der Waals surface area contributed by atoms with Crippen LogP contribution >= 0.6 is 23.8 Å². The molecule has 0 fully saturated rings. The highest BCUT2D eigenvalue weighted by Crippen LogP contribution is 2.21. The summed E-state index contributed by atoms with van der Waals surface area (Å²) in [6, 6.07) is 15.5. The highest BCUT2D eigenvalue weighted by Gasteiger charge is 2.08. The second kappa shape index (κ2) is 6.98. The molecule has 3 rings (SSSR count). The van der Waals surface area contributed by atoms with Crippen molar-refractivity contribution in [3.8, 4) is 11.4 Å². The second-order valence-corrected chi connectivity index (χ2v) is 6.23. The monoisotopic (exact) mass is 357 g/mol. The minimum atomic E-state index is 0.422. The van der Waals surface area contributed by atoms with Crippen molar-refractivity contribution in [2.75, 3.05) is 19.0 Å². The molecule has 122 valence electrons. The lowest BCUT2D eigenvalue weighted by Gasteiger charge is -2.11. The molecule has 5 nitrogen and oxygen atoms in total. The number of aromatic nitrogens is 3. The number of H-pyrrole nitrogens is 1. The lowest BCUT2D eigenvalue weighted by atomic mass is 10.2. The fraction of sp³-hybridized carbons (Fsp3) is 0.118. The highest BCUT2D eigenvalue weighted by molar-refractivity contribution is 7.71. The zero-order valence-corrected chi connectivity index (χ0v) is 14.8. The molecule has 3 aromatic rings. The first-order chi connectivity index (χ1) is 11.5. The van der Waals surface area contributed by atoms with Crippen molar-refractivity contribution in [2.24, 2.45) is 5.10 Å². The predicted molar refractivity (Wildman–Crippen MR) is 102 cm³/mol. The van der Waals surface area contributed by atoms with Crippen LogP contribution in [0.5, 0.6) is 0 Å². The Morgan fingerprint density at radius 2 is 1.96 bits per heavy atom. The third kappa shape index (κ3) is 3.55. The first-order valence-corrected chi connectivity index (χ1v) is 8.08. The van der Waals surface area contributed by atoms with Crippen LogP contribution in [0.15, 0.2) is 53.6 Å². The maximum atomic E-state index is 6.05. The molecule has 0 spiro atoms. The van der Waals surface area contributed by atoms with E-state index in [-0.39, 0.29) is 0 Å². The summed E-state index contributed by atoms with van der Waals surface area (Å²) >= 11 is 11.3. The number of halogens is 1. The predicted octanol–water partition coefficient (Wildman–Crippen LogP) is 4.21. The Bertz CT molecular complexity index is 925. The molecule has 0 bridgehead atoms. The molecule has 24 heavy (non-hydrogen) atoms. The molecular formula is C17H16ClN5S. The summed E-state index contributed by atoms with van der Waals surface area (Å²) in [7, 11) is 4.01. The summed E-state index contributed by atoms with van der Waals surface area (Å²) in [4.78, 5) is 2.05. The molecular weight excluding hydrogens is 342 g/mol. The molecule has 0 unspecified atom stereocenters. The van der Waals surface area contributed by atoms with Gasteiger partial charge >= 0.3 is 0 Å². The van der Waals surface area contributed by atoms with Gasteiger partial charge in [0.25, 0.3) is 0 Å². The Kier molecular flexibility index (Phi) is 4.78. The van der Waals surface area contributed by atoms with E-state index < -0.39 is 0 Å². The van der Waals surface area contributed by atoms with Crippen molar-refractivity contribution in [1.82, 2.24) is 14.9 Å². The van der Waals surface area contributed by atoms with Gasteiger partial charge in [0.15, 0.2) is 5.82 Å². The number of nitrogens with zero attached hydrogens (tertiary/aromatic N) is 4. The highest BCUT2D eigenvalue weighted by atomic mass is 35.5. The number of anilines is 1. The molecule has 2 aromatic carbocycles. The van der Waals surface area contributed by atoms with Crippen molar-refractivity contribution < 1.29 is 0 Å². The Balaban J connectivity index is 1.93. The topological polar surface area (TPSA) is 49.2 Å². The van der Waals surface area contributed by atoms with Gasteiger partial charge in [-0.1, -0.05) is 35.9 Å². The van der Waals surface area contributed by atoms with E-state index in [0.717, 1.165) is 16.8 Å². The maximum Gasteiger partial charge on any atom is 0.216 e. The van der Waals surface area contributed by atoms with Crippen molar-refractivity contribution >= 4 is 35.7 Å². The quantitative estimate of drug-likeness (QED) is 0.562. The number of nitrogens with one attached hydrogen (secondary N) is 1. The first-order valence-electron chi connectivity index (χ1n) is 7.30. The van der Waals surface area contributed by atoms with E-state index in [9.17, 15) is 0 Å². The van der Waals surface area contributed by atoms with Gasteiger partial charge < -0.3 is 4.90 Å². The standard InChI is InChI=1S/C17H16ClN5S/c1-22(2)15-8-6-12(7-9-15)11-19-23-16(20-21-17(23)24)13-4-3-5-14(18)10-13/h3-11H,1-2H3,(H,21,24). The number of hydrogen-bond acceptors (Lipinski definition) is 4. The van der Waals surface area contributed by atoms with Crippen molar-refractivity contribution in [3.05, 3.63) is 63.9 Å². The minimum Gasteiger partial charge on any atom is -0.378 e. The average molecular weight is 358 g/mol. The van der Waals surface area contributed by atoms with E-state index in [2.05, 4.69) is 15.3 Å². The van der Waals surface area contributed by atoms with Crippen LogP contribution in [0.3, 0.4) is 0 Å². The van der Waals surface area contributed by atoms with Crippen LogP contribution in [0.25, 0.3) is 11.4 Å². The molecule has 7 heteroatoms. The summed E-state index contributed by atoms with van der Waals surface area (Å²) in [6.45, 7) is 0. The van der Waals surface area contributed by atoms with Gasteiger partial charge in [-0.25, -0.2) is 5.10 Å². The van der Waals surface area contributed by atoms with Gasteiger partial charge in [-0.15, -0.1) is 0 Å². The number of rotatable bonds is 4. The van der Waals surface area contributed by atoms with Gasteiger partial charge in [-0.2, -0.15) is 14.9 Å². The third-order valence-corrected chi connectivity index (χ3v) is 3.96. The molecule has 1 N–H and O–H groups in total. The molecule has 0 saturated heterocycles. The normalized spacial score (nSPS) is 11.1. The van der Waals surface area contributed by atoms with Crippen LogP contribution in [0.4, 0.5) is 5.69 Å². The molecule has 0 aliphatic heterocycles. The Labute approximate surface area is 150 Å². The maximum absolute atomic E-state index is 6.05. The van der Waals surface area contributed by atoms with E-state index in [1.54, 1.807) is 10.9 Å². The summed E-state index contributed by atoms with van der Waals surface area (Å²) in [6.07, 6.45) is 1.75. The molecule has 0 amide bonds. The van der Waals surface area contributed by atoms with Crippen LogP contribution < -0.4 is 4.90 Å². The van der Waals surface area contributed by atoms with Crippen LogP contribution in [0.1, 0.15) is 5.56 Å². The van der Waals surface area contributed by atoms with Crippen molar-refractivity contribution in [2.45, 2.75) is 0 Å². The molecule has 0 aliphatic carbocycles. The number of benzene rings is 2. The Hall–Kier alpha value is -2.44. The van der Waals surface area contributed by atoms with Gasteiger partial charge in [0.2, 0.25) is 4.77 Å². The lowest BCUT2D eigenvalue weighted by Crippen LogP contribution is -2.08. The molecule has 0 aliphatic rings. The summed E-state index contributed by atoms with van der Waals surface area (Å²) in [5.74, 6) is 0.615. The van der Waals surface area contributed by atoms with Crippen LogP contribution in [0, 0.1) is 4.77 Å². The lowest BCUT2D eigenvalue weighted by molar-refractivity contribution is 0.871. The van der Waals surface area contributed by atoms with Crippen LogP contribution in [-0.2, 0) is 0 Å². The van der Waals surface area contributed by atoms with Crippen LogP contribution in [-0.4, -0.2) is 35.2 Å². The molecule has 0 radical (unpaired) electrons. The Morgan fingerprint density at radius 3 is 2.62 bits per heavy atom. The van der Waals surface area contributed by atoms with Crippen molar-refractivity contribution in [1.29, 1.82) is 0 Å². The summed E-state index contributed by atoms with van der Waals surface area (Å²) in [5.41, 5.74) is 2.95. The molecule has 0 saturated carbocycles. The second-order valence-electron chi connectivity index (χ2n) is 5.41. The SMILES string of the molecule is CN(C)c1ccc(C=Nn2c(-c3cccc(Cl)c3)n[nH]c2=S)cc1. The third-order valence-electron chi connectivity index (χ3n) is 3.47. The number of aromatic amines is 1.